The van der Waals surface area contributed by atoms with Gasteiger partial charge in [0.1, 0.15) is 0 Å². The van der Waals surface area contributed by atoms with Crippen LogP contribution >= 0.6 is 24.0 Å². The van der Waals surface area contributed by atoms with Crippen molar-refractivity contribution in [1.29, 1.82) is 0 Å². The minimum Gasteiger partial charge on any atom is -0.120 e. The highest BCUT2D eigenvalue weighted by Gasteiger charge is 2.00. The molecule has 0 aromatic carbocycles. The Labute approximate surface area is 124 Å². The monoisotopic (exact) mass is 342 g/mol. The standard InChI is InChI=1S/C12H10.2C2H6.HI/c1-3-5-8-12-10-7-6-9-11(12)4-2;2*1-2;/h1,4,7,10H,2,5,8H2;2*1-2H3;1H. The predicted molar refractivity (Wildman–Crippen MR) is 89.6 cm³/mol. The van der Waals surface area contributed by atoms with Gasteiger partial charge in [-0.15, -0.1) is 36.3 Å². The summed E-state index contributed by atoms with van der Waals surface area (Å²) in [7, 11) is 0. The lowest BCUT2D eigenvalue weighted by atomic mass is 10.00. The SMILES string of the molecule is C#CCCC1=CC=C=C=C1C=C.CC.CC.I. The van der Waals surface area contributed by atoms with Gasteiger partial charge in [0.25, 0.3) is 0 Å². The molecular formula is C16H23I. The summed E-state index contributed by atoms with van der Waals surface area (Å²) in [5, 5.41) is 0. The summed E-state index contributed by atoms with van der Waals surface area (Å²) in [6, 6.07) is 0. The second-order valence-corrected chi connectivity index (χ2v) is 2.45. The van der Waals surface area contributed by atoms with Crippen LogP contribution in [0.15, 0.2) is 47.4 Å². The van der Waals surface area contributed by atoms with Crippen LogP contribution in [-0.4, -0.2) is 0 Å². The molecule has 0 spiro atoms. The predicted octanol–water partition coefficient (Wildman–Crippen LogP) is 5.43. The lowest BCUT2D eigenvalue weighted by Gasteiger charge is -2.03. The summed E-state index contributed by atoms with van der Waals surface area (Å²) in [6.07, 6.45) is 12.5. The fourth-order valence-electron chi connectivity index (χ4n) is 1.04. The molecule has 0 atom stereocenters. The zero-order chi connectivity index (χ0) is 12.8. The van der Waals surface area contributed by atoms with Crippen LogP contribution in [0, 0.1) is 12.3 Å². The summed E-state index contributed by atoms with van der Waals surface area (Å²) in [6.45, 7) is 11.7. The molecule has 1 heteroatoms. The smallest absolute Gasteiger partial charge is 0.0275 e. The van der Waals surface area contributed by atoms with Crippen molar-refractivity contribution >= 4 is 24.0 Å². The van der Waals surface area contributed by atoms with Crippen LogP contribution in [-0.2, 0) is 0 Å². The van der Waals surface area contributed by atoms with E-state index in [-0.39, 0.29) is 24.0 Å². The van der Waals surface area contributed by atoms with Gasteiger partial charge in [-0.2, -0.15) is 0 Å². The van der Waals surface area contributed by atoms with Crippen molar-refractivity contribution in [1.82, 2.24) is 0 Å². The molecule has 0 fully saturated rings. The van der Waals surface area contributed by atoms with E-state index >= 15 is 0 Å². The summed E-state index contributed by atoms with van der Waals surface area (Å²) in [5.74, 6) is 2.61. The number of terminal acetylenes is 1. The highest BCUT2D eigenvalue weighted by Crippen LogP contribution is 2.17. The number of halogens is 1. The van der Waals surface area contributed by atoms with Gasteiger partial charge in [-0.25, -0.2) is 0 Å². The first-order valence-corrected chi connectivity index (χ1v) is 5.85. The molecular weight excluding hydrogens is 319 g/mol. The van der Waals surface area contributed by atoms with Crippen LogP contribution in [0.2, 0.25) is 0 Å². The van der Waals surface area contributed by atoms with Crippen molar-refractivity contribution in [3.05, 3.63) is 47.4 Å². The largest absolute Gasteiger partial charge is 0.120 e. The van der Waals surface area contributed by atoms with E-state index in [0.717, 1.165) is 18.4 Å². The van der Waals surface area contributed by atoms with Gasteiger partial charge in [-0.05, 0) is 24.1 Å². The van der Waals surface area contributed by atoms with E-state index in [1.165, 1.54) is 5.57 Å². The fourth-order valence-corrected chi connectivity index (χ4v) is 1.04. The first-order chi connectivity index (χ1) is 7.88. The molecule has 0 aromatic heterocycles. The van der Waals surface area contributed by atoms with Crippen molar-refractivity contribution in [2.24, 2.45) is 0 Å². The van der Waals surface area contributed by atoms with Crippen LogP contribution in [0.25, 0.3) is 0 Å². The lowest BCUT2D eigenvalue weighted by Crippen LogP contribution is -1.86. The summed E-state index contributed by atoms with van der Waals surface area (Å²) in [5.41, 5.74) is 8.07. The molecule has 0 aliphatic heterocycles. The van der Waals surface area contributed by atoms with Gasteiger partial charge >= 0.3 is 0 Å². The zero-order valence-corrected chi connectivity index (χ0v) is 13.7. The molecule has 94 valence electrons. The molecule has 17 heavy (non-hydrogen) atoms. The highest BCUT2D eigenvalue weighted by molar-refractivity contribution is 14.0. The first-order valence-electron chi connectivity index (χ1n) is 5.85. The number of hydrogen-bond acceptors (Lipinski definition) is 0. The highest BCUT2D eigenvalue weighted by atomic mass is 127. The average molecular weight is 342 g/mol. The molecule has 0 saturated heterocycles. The molecule has 1 aliphatic rings. The molecule has 0 unspecified atom stereocenters. The van der Waals surface area contributed by atoms with E-state index in [4.69, 9.17) is 6.42 Å². The minimum atomic E-state index is 0. The average Bonchev–Trinajstić information content (AvgIpc) is 2.41. The minimum absolute atomic E-state index is 0. The quantitative estimate of drug-likeness (QED) is 0.364. The van der Waals surface area contributed by atoms with Gasteiger partial charge in [-0.1, -0.05) is 51.8 Å². The van der Waals surface area contributed by atoms with Gasteiger partial charge in [0.05, 0.1) is 0 Å². The molecule has 0 aromatic rings. The van der Waals surface area contributed by atoms with Gasteiger partial charge in [0, 0.05) is 12.0 Å². The van der Waals surface area contributed by atoms with Crippen LogP contribution in [0.3, 0.4) is 0 Å². The summed E-state index contributed by atoms with van der Waals surface area (Å²) in [4.78, 5) is 0. The third kappa shape index (κ3) is 9.97. The molecule has 0 amide bonds. The van der Waals surface area contributed by atoms with Crippen molar-refractivity contribution in [2.75, 3.05) is 0 Å². The Morgan fingerprint density at radius 2 is 1.94 bits per heavy atom. The third-order valence-electron chi connectivity index (χ3n) is 1.66. The Hall–Kier alpha value is -0.930. The molecule has 0 heterocycles. The number of hydrogen-bond donors (Lipinski definition) is 0. The van der Waals surface area contributed by atoms with Crippen LogP contribution in [0.1, 0.15) is 40.5 Å². The van der Waals surface area contributed by atoms with E-state index < -0.39 is 0 Å². The van der Waals surface area contributed by atoms with Gasteiger partial charge in [0.15, 0.2) is 0 Å². The maximum absolute atomic E-state index is 5.17. The maximum Gasteiger partial charge on any atom is 0.0275 e. The third-order valence-corrected chi connectivity index (χ3v) is 1.66. The Morgan fingerprint density at radius 1 is 1.35 bits per heavy atom. The van der Waals surface area contributed by atoms with Crippen LogP contribution in [0.4, 0.5) is 0 Å². The Balaban J connectivity index is -0.000000355. The molecule has 1 rings (SSSR count). The molecule has 0 saturated carbocycles. The first kappa shape index (κ1) is 21.4. The number of rotatable bonds is 3. The van der Waals surface area contributed by atoms with Gasteiger partial charge in [-0.3, -0.25) is 0 Å². The number of allylic oxidation sites excluding steroid dienone is 5. The summed E-state index contributed by atoms with van der Waals surface area (Å²) < 4.78 is 0. The Bertz CT molecular complexity index is 351. The van der Waals surface area contributed by atoms with Crippen molar-refractivity contribution in [2.45, 2.75) is 40.5 Å². The van der Waals surface area contributed by atoms with Crippen LogP contribution < -0.4 is 0 Å². The van der Waals surface area contributed by atoms with Gasteiger partial charge < -0.3 is 0 Å². The van der Waals surface area contributed by atoms with Gasteiger partial charge in [0.2, 0.25) is 0 Å². The van der Waals surface area contributed by atoms with E-state index in [2.05, 4.69) is 24.0 Å². The summed E-state index contributed by atoms with van der Waals surface area (Å²) >= 11 is 0. The fraction of sp³-hybridized carbons (Fsp3) is 0.375. The second kappa shape index (κ2) is 17.5. The van der Waals surface area contributed by atoms with E-state index in [1.807, 2.05) is 39.8 Å². The Kier molecular flexibility index (Phi) is 21.9. The molecule has 0 nitrogen and oxygen atoms in total. The van der Waals surface area contributed by atoms with E-state index in [9.17, 15) is 0 Å². The molecule has 1 aliphatic carbocycles. The molecule has 0 bridgehead atoms. The maximum atomic E-state index is 5.17. The second-order valence-electron chi connectivity index (χ2n) is 2.45. The molecule has 0 radical (unpaired) electrons. The van der Waals surface area contributed by atoms with Crippen molar-refractivity contribution < 1.29 is 0 Å². The topological polar surface area (TPSA) is 0 Å². The lowest BCUT2D eigenvalue weighted by molar-refractivity contribution is 1.02. The molecule has 0 N–H and O–H groups in total. The normalized spacial score (nSPS) is 10.1. The van der Waals surface area contributed by atoms with Crippen LogP contribution in [0.5, 0.6) is 0 Å². The van der Waals surface area contributed by atoms with E-state index in [0.29, 0.717) is 0 Å². The van der Waals surface area contributed by atoms with Crippen molar-refractivity contribution in [3.63, 3.8) is 0 Å². The van der Waals surface area contributed by atoms with Crippen molar-refractivity contribution in [3.8, 4) is 12.3 Å². The zero-order valence-electron chi connectivity index (χ0n) is 11.3. The van der Waals surface area contributed by atoms with E-state index in [1.54, 1.807) is 6.08 Å². The Morgan fingerprint density at radius 3 is 2.41 bits per heavy atom.